The zero-order valence-corrected chi connectivity index (χ0v) is 10.2. The molecule has 0 saturated carbocycles. The van der Waals surface area contributed by atoms with E-state index in [-0.39, 0.29) is 19.0 Å². The summed E-state index contributed by atoms with van der Waals surface area (Å²) in [5.41, 5.74) is 0. The summed E-state index contributed by atoms with van der Waals surface area (Å²) in [6, 6.07) is -0.213. The lowest BCUT2D eigenvalue weighted by Crippen LogP contribution is -2.41. The Kier molecular flexibility index (Phi) is 8.57. The van der Waals surface area contributed by atoms with Crippen molar-refractivity contribution in [2.24, 2.45) is 0 Å². The van der Waals surface area contributed by atoms with Gasteiger partial charge in [0.05, 0.1) is 6.42 Å². The summed E-state index contributed by atoms with van der Waals surface area (Å²) in [6.45, 7) is 3.13. The molecule has 0 heterocycles. The first-order chi connectivity index (χ1) is 8.11. The third kappa shape index (κ3) is 8.14. The molecule has 0 aliphatic carbocycles. The van der Waals surface area contributed by atoms with Crippen LogP contribution in [-0.4, -0.2) is 41.6 Å². The number of urea groups is 1. The fraction of sp³-hybridized carbons (Fsp3) is 0.667. The number of aliphatic carboxylic acids is 1. The molecule has 5 heteroatoms. The van der Waals surface area contributed by atoms with Crippen molar-refractivity contribution < 1.29 is 14.7 Å². The van der Waals surface area contributed by atoms with E-state index in [0.29, 0.717) is 19.5 Å². The van der Waals surface area contributed by atoms with Crippen molar-refractivity contribution >= 4 is 12.0 Å². The molecule has 0 aromatic heterocycles. The van der Waals surface area contributed by atoms with E-state index < -0.39 is 5.97 Å². The SMILES string of the molecule is C#CCCCCNC(=O)N(CC)CCC(=O)O. The summed E-state index contributed by atoms with van der Waals surface area (Å²) in [4.78, 5) is 23.5. The molecule has 2 N–H and O–H groups in total. The van der Waals surface area contributed by atoms with Gasteiger partial charge in [-0.05, 0) is 19.8 Å². The Hall–Kier alpha value is -1.70. The fourth-order valence-corrected chi connectivity index (χ4v) is 1.29. The molecule has 0 atom stereocenters. The lowest BCUT2D eigenvalue weighted by Gasteiger charge is -2.20. The van der Waals surface area contributed by atoms with Gasteiger partial charge in [-0.1, -0.05) is 0 Å². The molecule has 0 aromatic rings. The smallest absolute Gasteiger partial charge is 0.317 e. The highest BCUT2D eigenvalue weighted by Gasteiger charge is 2.11. The summed E-state index contributed by atoms with van der Waals surface area (Å²) in [7, 11) is 0. The monoisotopic (exact) mass is 240 g/mol. The molecule has 96 valence electrons. The number of rotatable bonds is 8. The van der Waals surface area contributed by atoms with Gasteiger partial charge < -0.3 is 15.3 Å². The van der Waals surface area contributed by atoms with Crippen molar-refractivity contribution in [3.8, 4) is 12.3 Å². The minimum Gasteiger partial charge on any atom is -0.481 e. The average molecular weight is 240 g/mol. The van der Waals surface area contributed by atoms with Crippen LogP contribution in [0.1, 0.15) is 32.6 Å². The molecule has 2 amide bonds. The summed E-state index contributed by atoms with van der Waals surface area (Å²) < 4.78 is 0. The van der Waals surface area contributed by atoms with Crippen molar-refractivity contribution in [1.29, 1.82) is 0 Å². The molecule has 0 rings (SSSR count). The molecule has 0 aliphatic heterocycles. The minimum atomic E-state index is -0.898. The van der Waals surface area contributed by atoms with Crippen LogP contribution >= 0.6 is 0 Å². The zero-order valence-electron chi connectivity index (χ0n) is 10.2. The molecular formula is C12H20N2O3. The van der Waals surface area contributed by atoms with Gasteiger partial charge in [-0.25, -0.2) is 4.79 Å². The maximum atomic E-state index is 11.6. The summed E-state index contributed by atoms with van der Waals surface area (Å²) in [6.07, 6.45) is 7.52. The van der Waals surface area contributed by atoms with Crippen LogP contribution in [0.5, 0.6) is 0 Å². The van der Waals surface area contributed by atoms with Crippen LogP contribution in [0.2, 0.25) is 0 Å². The first kappa shape index (κ1) is 15.3. The van der Waals surface area contributed by atoms with Gasteiger partial charge in [0.1, 0.15) is 0 Å². The van der Waals surface area contributed by atoms with Gasteiger partial charge >= 0.3 is 12.0 Å². The molecule has 0 aromatic carbocycles. The third-order valence-electron chi connectivity index (χ3n) is 2.29. The predicted molar refractivity (Wildman–Crippen MR) is 65.6 cm³/mol. The zero-order chi connectivity index (χ0) is 13.1. The standard InChI is InChI=1S/C12H20N2O3/c1-3-5-6-7-9-13-12(17)14(4-2)10-8-11(15)16/h1H,4-10H2,2H3,(H,13,17)(H,15,16). The Labute approximate surface area is 102 Å². The van der Waals surface area contributed by atoms with E-state index >= 15 is 0 Å². The Morgan fingerprint density at radius 1 is 1.41 bits per heavy atom. The number of amides is 2. The largest absolute Gasteiger partial charge is 0.481 e. The van der Waals surface area contributed by atoms with E-state index in [1.807, 2.05) is 6.92 Å². The molecule has 5 nitrogen and oxygen atoms in total. The van der Waals surface area contributed by atoms with Gasteiger partial charge in [-0.2, -0.15) is 0 Å². The van der Waals surface area contributed by atoms with E-state index in [2.05, 4.69) is 11.2 Å². The van der Waals surface area contributed by atoms with E-state index in [0.717, 1.165) is 12.8 Å². The number of hydrogen-bond acceptors (Lipinski definition) is 2. The van der Waals surface area contributed by atoms with E-state index in [4.69, 9.17) is 11.5 Å². The highest BCUT2D eigenvalue weighted by molar-refractivity contribution is 5.75. The molecule has 0 radical (unpaired) electrons. The Morgan fingerprint density at radius 3 is 2.65 bits per heavy atom. The fourth-order valence-electron chi connectivity index (χ4n) is 1.29. The van der Waals surface area contributed by atoms with Crippen molar-refractivity contribution in [2.45, 2.75) is 32.6 Å². The lowest BCUT2D eigenvalue weighted by atomic mass is 10.2. The number of hydrogen-bond donors (Lipinski definition) is 2. The number of unbranched alkanes of at least 4 members (excludes halogenated alkanes) is 2. The maximum absolute atomic E-state index is 11.6. The van der Waals surface area contributed by atoms with Gasteiger partial charge in [-0.15, -0.1) is 12.3 Å². The van der Waals surface area contributed by atoms with Crippen LogP contribution in [0.4, 0.5) is 4.79 Å². The van der Waals surface area contributed by atoms with E-state index in [9.17, 15) is 9.59 Å². The number of nitrogens with zero attached hydrogens (tertiary/aromatic N) is 1. The highest BCUT2D eigenvalue weighted by atomic mass is 16.4. The predicted octanol–water partition coefficient (Wildman–Crippen LogP) is 1.30. The van der Waals surface area contributed by atoms with E-state index in [1.165, 1.54) is 4.90 Å². The number of carbonyl (C=O) groups excluding carboxylic acids is 1. The molecule has 0 aliphatic rings. The van der Waals surface area contributed by atoms with Crippen LogP contribution in [0.15, 0.2) is 0 Å². The van der Waals surface area contributed by atoms with Crippen molar-refractivity contribution in [2.75, 3.05) is 19.6 Å². The third-order valence-corrected chi connectivity index (χ3v) is 2.29. The molecular weight excluding hydrogens is 220 g/mol. The van der Waals surface area contributed by atoms with Crippen LogP contribution < -0.4 is 5.32 Å². The van der Waals surface area contributed by atoms with Crippen LogP contribution in [-0.2, 0) is 4.79 Å². The lowest BCUT2D eigenvalue weighted by molar-refractivity contribution is -0.137. The average Bonchev–Trinajstić information content (AvgIpc) is 2.29. The summed E-state index contributed by atoms with van der Waals surface area (Å²) in [5, 5.41) is 11.3. The maximum Gasteiger partial charge on any atom is 0.317 e. The number of carboxylic acids is 1. The molecule has 0 unspecified atom stereocenters. The number of nitrogens with one attached hydrogen (secondary N) is 1. The van der Waals surface area contributed by atoms with Crippen LogP contribution in [0, 0.1) is 12.3 Å². The van der Waals surface area contributed by atoms with Crippen molar-refractivity contribution in [3.05, 3.63) is 0 Å². The quantitative estimate of drug-likeness (QED) is 0.496. The minimum absolute atomic E-state index is 0.0294. The van der Waals surface area contributed by atoms with Gasteiger partial charge in [-0.3, -0.25) is 4.79 Å². The van der Waals surface area contributed by atoms with Crippen molar-refractivity contribution in [3.63, 3.8) is 0 Å². The highest BCUT2D eigenvalue weighted by Crippen LogP contribution is 1.95. The molecule has 0 fully saturated rings. The van der Waals surface area contributed by atoms with Gasteiger partial charge in [0, 0.05) is 26.1 Å². The Balaban J connectivity index is 3.76. The summed E-state index contributed by atoms with van der Waals surface area (Å²) >= 11 is 0. The van der Waals surface area contributed by atoms with Gasteiger partial charge in [0.15, 0.2) is 0 Å². The second-order valence-electron chi connectivity index (χ2n) is 3.62. The molecule has 0 bridgehead atoms. The number of terminal acetylenes is 1. The Morgan fingerprint density at radius 2 is 2.12 bits per heavy atom. The second kappa shape index (κ2) is 9.52. The van der Waals surface area contributed by atoms with E-state index in [1.54, 1.807) is 0 Å². The van der Waals surface area contributed by atoms with Gasteiger partial charge in [0.2, 0.25) is 0 Å². The van der Waals surface area contributed by atoms with Crippen molar-refractivity contribution in [1.82, 2.24) is 10.2 Å². The van der Waals surface area contributed by atoms with Crippen LogP contribution in [0.25, 0.3) is 0 Å². The number of carboxylic acid groups (broad SMARTS) is 1. The number of carbonyl (C=O) groups is 2. The molecule has 17 heavy (non-hydrogen) atoms. The first-order valence-corrected chi connectivity index (χ1v) is 5.79. The topological polar surface area (TPSA) is 69.6 Å². The molecule has 0 spiro atoms. The normalized spacial score (nSPS) is 9.41. The molecule has 0 saturated heterocycles. The second-order valence-corrected chi connectivity index (χ2v) is 3.62. The van der Waals surface area contributed by atoms with Gasteiger partial charge in [0.25, 0.3) is 0 Å². The van der Waals surface area contributed by atoms with Crippen LogP contribution in [0.3, 0.4) is 0 Å². The summed E-state index contributed by atoms with van der Waals surface area (Å²) in [5.74, 6) is 1.64. The Bertz CT molecular complexity index is 284. The first-order valence-electron chi connectivity index (χ1n) is 5.79.